The molecule has 1 aromatic heterocycles. The second-order valence-corrected chi connectivity index (χ2v) is 9.27. The summed E-state index contributed by atoms with van der Waals surface area (Å²) < 4.78 is 6.50. The standard InChI is InChI=1S/C24H28N4O3S/c1-16-10-11-19(31-4)21-22(16)32-24(25-21)27(13-12-26(2)3)23(30)17-14-20(29)28(15-17)18-8-6-5-7-9-18/h5-11,17H,12-15H2,1-4H3. The minimum Gasteiger partial charge on any atom is -0.494 e. The Morgan fingerprint density at radius 1 is 1.19 bits per heavy atom. The van der Waals surface area contributed by atoms with E-state index in [1.54, 1.807) is 16.9 Å². The van der Waals surface area contributed by atoms with Crippen molar-refractivity contribution in [1.82, 2.24) is 9.88 Å². The van der Waals surface area contributed by atoms with Gasteiger partial charge in [-0.05, 0) is 44.8 Å². The van der Waals surface area contributed by atoms with E-state index < -0.39 is 5.92 Å². The number of hydrogen-bond acceptors (Lipinski definition) is 6. The lowest BCUT2D eigenvalue weighted by Crippen LogP contribution is -2.41. The number of fused-ring (bicyclic) bond motifs is 1. The maximum atomic E-state index is 13.7. The van der Waals surface area contributed by atoms with Crippen molar-refractivity contribution in [2.45, 2.75) is 13.3 Å². The molecule has 1 aliphatic rings. The van der Waals surface area contributed by atoms with Crippen molar-refractivity contribution >= 4 is 44.2 Å². The quantitative estimate of drug-likeness (QED) is 0.548. The number of carbonyl (C=O) groups is 2. The maximum absolute atomic E-state index is 13.7. The van der Waals surface area contributed by atoms with Crippen LogP contribution in [0.2, 0.25) is 0 Å². The highest BCUT2D eigenvalue weighted by atomic mass is 32.1. The Balaban J connectivity index is 1.65. The van der Waals surface area contributed by atoms with Crippen LogP contribution in [0.1, 0.15) is 12.0 Å². The number of ether oxygens (including phenoxy) is 1. The number of aromatic nitrogens is 1. The molecule has 4 rings (SSSR count). The van der Waals surface area contributed by atoms with Crippen molar-refractivity contribution < 1.29 is 14.3 Å². The summed E-state index contributed by atoms with van der Waals surface area (Å²) in [5.74, 6) is 0.206. The number of para-hydroxylation sites is 1. The number of likely N-dealkylation sites (N-methyl/N-ethyl adjacent to an activating group) is 1. The first-order valence-electron chi connectivity index (χ1n) is 10.6. The molecule has 0 bridgehead atoms. The Hall–Kier alpha value is -2.97. The van der Waals surface area contributed by atoms with Crippen LogP contribution in [-0.4, -0.2) is 62.5 Å². The summed E-state index contributed by atoms with van der Waals surface area (Å²) in [4.78, 5) is 36.6. The van der Waals surface area contributed by atoms with Gasteiger partial charge in [-0.2, -0.15) is 0 Å². The van der Waals surface area contributed by atoms with Gasteiger partial charge in [-0.1, -0.05) is 35.6 Å². The lowest BCUT2D eigenvalue weighted by Gasteiger charge is -2.24. The molecule has 8 heteroatoms. The van der Waals surface area contributed by atoms with Crippen LogP contribution in [0.25, 0.3) is 10.2 Å². The van der Waals surface area contributed by atoms with Crippen LogP contribution >= 0.6 is 11.3 Å². The number of hydrogen-bond donors (Lipinski definition) is 0. The van der Waals surface area contributed by atoms with Gasteiger partial charge in [0.05, 0.1) is 17.7 Å². The van der Waals surface area contributed by atoms with E-state index in [0.717, 1.165) is 21.5 Å². The molecule has 1 atom stereocenters. The zero-order chi connectivity index (χ0) is 22.8. The first kappa shape index (κ1) is 22.2. The van der Waals surface area contributed by atoms with E-state index in [9.17, 15) is 9.59 Å². The highest BCUT2D eigenvalue weighted by Crippen LogP contribution is 2.37. The van der Waals surface area contributed by atoms with E-state index in [-0.39, 0.29) is 18.2 Å². The second-order valence-electron chi connectivity index (χ2n) is 8.29. The van der Waals surface area contributed by atoms with E-state index >= 15 is 0 Å². The lowest BCUT2D eigenvalue weighted by molar-refractivity contribution is -0.124. The number of methoxy groups -OCH3 is 1. The maximum Gasteiger partial charge on any atom is 0.234 e. The zero-order valence-electron chi connectivity index (χ0n) is 18.9. The number of amides is 2. The summed E-state index contributed by atoms with van der Waals surface area (Å²) in [6.07, 6.45) is 0.208. The molecule has 2 aromatic carbocycles. The van der Waals surface area contributed by atoms with Gasteiger partial charge in [-0.3, -0.25) is 14.5 Å². The van der Waals surface area contributed by atoms with E-state index in [1.807, 2.05) is 68.4 Å². The molecule has 168 valence electrons. The molecule has 1 saturated heterocycles. The van der Waals surface area contributed by atoms with Gasteiger partial charge in [0.2, 0.25) is 11.8 Å². The fourth-order valence-electron chi connectivity index (χ4n) is 3.93. The van der Waals surface area contributed by atoms with Gasteiger partial charge in [-0.15, -0.1) is 0 Å². The van der Waals surface area contributed by atoms with Gasteiger partial charge in [0.25, 0.3) is 0 Å². The molecule has 2 heterocycles. The summed E-state index contributed by atoms with van der Waals surface area (Å²) in [6.45, 7) is 3.61. The Kier molecular flexibility index (Phi) is 6.43. The fourth-order valence-corrected chi connectivity index (χ4v) is 5.01. The van der Waals surface area contributed by atoms with Crippen molar-refractivity contribution in [1.29, 1.82) is 0 Å². The first-order chi connectivity index (χ1) is 15.4. The number of aryl methyl sites for hydroxylation is 1. The highest BCUT2D eigenvalue weighted by molar-refractivity contribution is 7.22. The molecule has 2 amide bonds. The van der Waals surface area contributed by atoms with Gasteiger partial charge < -0.3 is 14.5 Å². The molecule has 1 aliphatic heterocycles. The molecule has 7 nitrogen and oxygen atoms in total. The fraction of sp³-hybridized carbons (Fsp3) is 0.375. The third-order valence-electron chi connectivity index (χ3n) is 5.72. The molecule has 32 heavy (non-hydrogen) atoms. The number of carbonyl (C=O) groups excluding carboxylic acids is 2. The number of nitrogens with zero attached hydrogens (tertiary/aromatic N) is 4. The molecule has 1 unspecified atom stereocenters. The minimum absolute atomic E-state index is 0.0241. The van der Waals surface area contributed by atoms with Gasteiger partial charge in [0.1, 0.15) is 11.3 Å². The van der Waals surface area contributed by atoms with Crippen molar-refractivity contribution in [2.75, 3.05) is 50.6 Å². The molecule has 0 saturated carbocycles. The number of benzene rings is 2. The lowest BCUT2D eigenvalue weighted by atomic mass is 10.1. The predicted molar refractivity (Wildman–Crippen MR) is 129 cm³/mol. The van der Waals surface area contributed by atoms with Crippen molar-refractivity contribution in [3.05, 3.63) is 48.0 Å². The molecule has 0 spiro atoms. The summed E-state index contributed by atoms with van der Waals surface area (Å²) in [6, 6.07) is 13.4. The van der Waals surface area contributed by atoms with Crippen molar-refractivity contribution in [3.8, 4) is 5.75 Å². The van der Waals surface area contributed by atoms with Crippen LogP contribution in [0.3, 0.4) is 0 Å². The summed E-state index contributed by atoms with van der Waals surface area (Å²) >= 11 is 1.50. The average molecular weight is 453 g/mol. The van der Waals surface area contributed by atoms with E-state index in [2.05, 4.69) is 0 Å². The van der Waals surface area contributed by atoms with E-state index in [0.29, 0.717) is 30.5 Å². The first-order valence-corrected chi connectivity index (χ1v) is 11.5. The van der Waals surface area contributed by atoms with Crippen LogP contribution in [0.4, 0.5) is 10.8 Å². The third kappa shape index (κ3) is 4.33. The molecule has 0 radical (unpaired) electrons. The SMILES string of the molecule is COc1ccc(C)c2sc(N(CCN(C)C)C(=O)C3CC(=O)N(c4ccccc4)C3)nc12. The monoisotopic (exact) mass is 452 g/mol. The summed E-state index contributed by atoms with van der Waals surface area (Å²) in [7, 11) is 5.58. The Labute approximate surface area is 192 Å². The largest absolute Gasteiger partial charge is 0.494 e. The number of thiazole rings is 1. The number of anilines is 2. The molecule has 1 fully saturated rings. The highest BCUT2D eigenvalue weighted by Gasteiger charge is 2.38. The van der Waals surface area contributed by atoms with E-state index in [1.165, 1.54) is 11.3 Å². The van der Waals surface area contributed by atoms with Gasteiger partial charge >= 0.3 is 0 Å². The third-order valence-corrected chi connectivity index (χ3v) is 6.94. The molecule has 3 aromatic rings. The van der Waals surface area contributed by atoms with Crippen LogP contribution in [0, 0.1) is 12.8 Å². The van der Waals surface area contributed by atoms with Crippen molar-refractivity contribution in [2.24, 2.45) is 5.92 Å². The molecule has 0 N–H and O–H groups in total. The molecule has 0 aliphatic carbocycles. The van der Waals surface area contributed by atoms with Gasteiger partial charge in [-0.25, -0.2) is 4.98 Å². The topological polar surface area (TPSA) is 66.0 Å². The molecular formula is C24H28N4O3S. The second kappa shape index (κ2) is 9.26. The van der Waals surface area contributed by atoms with Gasteiger partial charge in [0.15, 0.2) is 5.13 Å². The van der Waals surface area contributed by atoms with Crippen LogP contribution < -0.4 is 14.5 Å². The zero-order valence-corrected chi connectivity index (χ0v) is 19.7. The Bertz CT molecular complexity index is 1130. The minimum atomic E-state index is -0.403. The normalized spacial score (nSPS) is 16.2. The summed E-state index contributed by atoms with van der Waals surface area (Å²) in [5.41, 5.74) is 2.69. The Morgan fingerprint density at radius 3 is 2.62 bits per heavy atom. The number of rotatable bonds is 7. The average Bonchev–Trinajstić information content (AvgIpc) is 3.39. The Morgan fingerprint density at radius 2 is 1.94 bits per heavy atom. The van der Waals surface area contributed by atoms with Crippen molar-refractivity contribution in [3.63, 3.8) is 0 Å². The predicted octanol–water partition coefficient (Wildman–Crippen LogP) is 3.56. The van der Waals surface area contributed by atoms with E-state index in [4.69, 9.17) is 9.72 Å². The van der Waals surface area contributed by atoms with Crippen LogP contribution in [-0.2, 0) is 9.59 Å². The van der Waals surface area contributed by atoms with Crippen LogP contribution in [0.5, 0.6) is 5.75 Å². The smallest absolute Gasteiger partial charge is 0.234 e. The van der Waals surface area contributed by atoms with Crippen LogP contribution in [0.15, 0.2) is 42.5 Å². The summed E-state index contributed by atoms with van der Waals surface area (Å²) in [5, 5.41) is 0.644. The van der Waals surface area contributed by atoms with Gasteiger partial charge in [0, 0.05) is 31.7 Å². The molecular weight excluding hydrogens is 424 g/mol.